The van der Waals surface area contributed by atoms with Crippen LogP contribution in [0.4, 0.5) is 0 Å². The third-order valence-electron chi connectivity index (χ3n) is 2.01. The summed E-state index contributed by atoms with van der Waals surface area (Å²) < 4.78 is 0. The highest BCUT2D eigenvalue weighted by Crippen LogP contribution is 2.17. The first-order valence-electron chi connectivity index (χ1n) is 4.59. The molecule has 0 bridgehead atoms. The van der Waals surface area contributed by atoms with Gasteiger partial charge < -0.3 is 21.3 Å². The number of carboxylic acid groups (broad SMARTS) is 1. The van der Waals surface area contributed by atoms with E-state index in [1.807, 2.05) is 0 Å². The van der Waals surface area contributed by atoms with Crippen LogP contribution in [-0.2, 0) is 9.59 Å². The van der Waals surface area contributed by atoms with Crippen molar-refractivity contribution in [1.82, 2.24) is 5.32 Å². The van der Waals surface area contributed by atoms with E-state index >= 15 is 0 Å². The summed E-state index contributed by atoms with van der Waals surface area (Å²) in [5, 5.41) is 19.4. The number of hydrogen-bond acceptors (Lipinski definition) is 4. The molecule has 0 aliphatic carbocycles. The van der Waals surface area contributed by atoms with E-state index in [2.05, 4.69) is 5.32 Å². The summed E-state index contributed by atoms with van der Waals surface area (Å²) in [6.07, 6.45) is 0. The Labute approximate surface area is 88.5 Å². The molecule has 0 rings (SSSR count). The summed E-state index contributed by atoms with van der Waals surface area (Å²) in [5.41, 5.74) is 5.16. The van der Waals surface area contributed by atoms with Crippen molar-refractivity contribution in [3.05, 3.63) is 0 Å². The molecule has 0 heterocycles. The monoisotopic (exact) mass is 218 g/mol. The van der Waals surface area contributed by atoms with Gasteiger partial charge in [0.25, 0.3) is 0 Å². The first-order chi connectivity index (χ1) is 6.70. The van der Waals surface area contributed by atoms with E-state index in [-0.39, 0.29) is 0 Å². The Bertz CT molecular complexity index is 247. The van der Waals surface area contributed by atoms with E-state index in [1.165, 1.54) is 0 Å². The normalized spacial score (nSPS) is 15.5. The number of rotatable bonds is 4. The maximum absolute atomic E-state index is 11.5. The van der Waals surface area contributed by atoms with Crippen LogP contribution in [-0.4, -0.2) is 40.8 Å². The molecule has 0 saturated carbocycles. The van der Waals surface area contributed by atoms with Gasteiger partial charge in [-0.25, -0.2) is 4.79 Å². The zero-order chi connectivity index (χ0) is 12.2. The SMILES string of the molecule is CC(C)(C)C(N)C(=O)NC(CO)C(=O)O. The third kappa shape index (κ3) is 4.26. The Kier molecular flexibility index (Phi) is 4.70. The van der Waals surface area contributed by atoms with Crippen LogP contribution in [0.3, 0.4) is 0 Å². The molecule has 6 heteroatoms. The second-order valence-electron chi connectivity index (χ2n) is 4.43. The summed E-state index contributed by atoms with van der Waals surface area (Å²) in [6.45, 7) is 4.65. The Balaban J connectivity index is 4.42. The quantitative estimate of drug-likeness (QED) is 0.479. The molecule has 6 nitrogen and oxygen atoms in total. The van der Waals surface area contributed by atoms with Gasteiger partial charge in [-0.15, -0.1) is 0 Å². The molecule has 2 unspecified atom stereocenters. The minimum Gasteiger partial charge on any atom is -0.480 e. The van der Waals surface area contributed by atoms with Crippen molar-refractivity contribution < 1.29 is 19.8 Å². The number of hydrogen-bond donors (Lipinski definition) is 4. The van der Waals surface area contributed by atoms with Crippen LogP contribution in [0.15, 0.2) is 0 Å². The first-order valence-corrected chi connectivity index (χ1v) is 4.59. The summed E-state index contributed by atoms with van der Waals surface area (Å²) in [7, 11) is 0. The van der Waals surface area contributed by atoms with Crippen LogP contribution in [0, 0.1) is 5.41 Å². The zero-order valence-corrected chi connectivity index (χ0v) is 9.15. The molecule has 0 radical (unpaired) electrons. The van der Waals surface area contributed by atoms with Crippen LogP contribution < -0.4 is 11.1 Å². The molecule has 2 atom stereocenters. The van der Waals surface area contributed by atoms with E-state index in [0.717, 1.165) is 0 Å². The minimum absolute atomic E-state index is 0.456. The van der Waals surface area contributed by atoms with Crippen molar-refractivity contribution in [2.24, 2.45) is 11.1 Å². The third-order valence-corrected chi connectivity index (χ3v) is 2.01. The minimum atomic E-state index is -1.30. The molecule has 1 amide bonds. The first kappa shape index (κ1) is 13.9. The Morgan fingerprint density at radius 1 is 1.40 bits per heavy atom. The molecule has 88 valence electrons. The van der Waals surface area contributed by atoms with Crippen molar-refractivity contribution in [3.63, 3.8) is 0 Å². The van der Waals surface area contributed by atoms with Crippen molar-refractivity contribution in [1.29, 1.82) is 0 Å². The number of aliphatic carboxylic acids is 1. The highest BCUT2D eigenvalue weighted by atomic mass is 16.4. The molecule has 0 aromatic carbocycles. The van der Waals surface area contributed by atoms with Gasteiger partial charge in [-0.05, 0) is 5.41 Å². The van der Waals surface area contributed by atoms with Crippen LogP contribution in [0.1, 0.15) is 20.8 Å². The largest absolute Gasteiger partial charge is 0.480 e. The van der Waals surface area contributed by atoms with Gasteiger partial charge in [0.1, 0.15) is 6.04 Å². The van der Waals surface area contributed by atoms with Gasteiger partial charge in [0, 0.05) is 0 Å². The topological polar surface area (TPSA) is 113 Å². The number of nitrogens with one attached hydrogen (secondary N) is 1. The Hall–Kier alpha value is -1.14. The predicted octanol–water partition coefficient (Wildman–Crippen LogP) is -1.08. The lowest BCUT2D eigenvalue weighted by molar-refractivity contribution is -0.143. The van der Waals surface area contributed by atoms with Crippen molar-refractivity contribution in [2.75, 3.05) is 6.61 Å². The van der Waals surface area contributed by atoms with E-state index in [0.29, 0.717) is 0 Å². The highest BCUT2D eigenvalue weighted by Gasteiger charge is 2.30. The number of carbonyl (C=O) groups excluding carboxylic acids is 1. The fourth-order valence-corrected chi connectivity index (χ4v) is 0.840. The van der Waals surface area contributed by atoms with E-state index in [4.69, 9.17) is 15.9 Å². The average Bonchev–Trinajstić information content (AvgIpc) is 2.10. The number of aliphatic hydroxyl groups is 1. The second kappa shape index (κ2) is 5.09. The van der Waals surface area contributed by atoms with Crippen molar-refractivity contribution in [3.8, 4) is 0 Å². The standard InChI is InChI=1S/C9H18N2O4/c1-9(2,3)6(10)7(13)11-5(4-12)8(14)15/h5-6,12H,4,10H2,1-3H3,(H,11,13)(H,14,15). The smallest absolute Gasteiger partial charge is 0.328 e. The van der Waals surface area contributed by atoms with E-state index in [9.17, 15) is 9.59 Å². The fourth-order valence-electron chi connectivity index (χ4n) is 0.840. The van der Waals surface area contributed by atoms with Gasteiger partial charge in [-0.1, -0.05) is 20.8 Å². The van der Waals surface area contributed by atoms with Gasteiger partial charge in [-0.3, -0.25) is 4.79 Å². The van der Waals surface area contributed by atoms with Gasteiger partial charge in [-0.2, -0.15) is 0 Å². The van der Waals surface area contributed by atoms with Crippen LogP contribution in [0.25, 0.3) is 0 Å². The predicted molar refractivity (Wildman–Crippen MR) is 54.1 cm³/mol. The van der Waals surface area contributed by atoms with E-state index in [1.54, 1.807) is 20.8 Å². The summed E-state index contributed by atoms with van der Waals surface area (Å²) in [6, 6.07) is -2.11. The number of carbonyl (C=O) groups is 2. The number of carboxylic acids is 1. The molecular formula is C9H18N2O4. The van der Waals surface area contributed by atoms with Gasteiger partial charge in [0.05, 0.1) is 12.6 Å². The average molecular weight is 218 g/mol. The number of aliphatic hydroxyl groups excluding tert-OH is 1. The summed E-state index contributed by atoms with van der Waals surface area (Å²) in [4.78, 5) is 22.0. The fraction of sp³-hybridized carbons (Fsp3) is 0.778. The van der Waals surface area contributed by atoms with Gasteiger partial charge in [0.2, 0.25) is 5.91 Å². The number of amides is 1. The van der Waals surface area contributed by atoms with Crippen LogP contribution in [0.5, 0.6) is 0 Å². The maximum Gasteiger partial charge on any atom is 0.328 e. The molecule has 15 heavy (non-hydrogen) atoms. The molecule has 0 aliphatic heterocycles. The summed E-state index contributed by atoms with van der Waals surface area (Å²) >= 11 is 0. The van der Waals surface area contributed by atoms with Gasteiger partial charge >= 0.3 is 5.97 Å². The molecule has 0 aromatic heterocycles. The maximum atomic E-state index is 11.5. The molecular weight excluding hydrogens is 200 g/mol. The summed E-state index contributed by atoms with van der Waals surface area (Å²) in [5.74, 6) is -1.86. The van der Waals surface area contributed by atoms with Crippen molar-refractivity contribution >= 4 is 11.9 Å². The van der Waals surface area contributed by atoms with Crippen LogP contribution >= 0.6 is 0 Å². The van der Waals surface area contributed by atoms with E-state index < -0.39 is 36.0 Å². The molecule has 0 fully saturated rings. The molecule has 0 aliphatic rings. The lowest BCUT2D eigenvalue weighted by Gasteiger charge is -2.26. The zero-order valence-electron chi connectivity index (χ0n) is 9.15. The molecule has 0 saturated heterocycles. The van der Waals surface area contributed by atoms with Gasteiger partial charge in [0.15, 0.2) is 0 Å². The van der Waals surface area contributed by atoms with Crippen molar-refractivity contribution in [2.45, 2.75) is 32.9 Å². The highest BCUT2D eigenvalue weighted by molar-refractivity contribution is 5.87. The Morgan fingerprint density at radius 2 is 1.87 bits per heavy atom. The lowest BCUT2D eigenvalue weighted by Crippen LogP contribution is -2.54. The lowest BCUT2D eigenvalue weighted by atomic mass is 9.87. The second-order valence-corrected chi connectivity index (χ2v) is 4.43. The molecule has 5 N–H and O–H groups in total. The number of nitrogens with two attached hydrogens (primary N) is 1. The molecule has 0 spiro atoms. The Morgan fingerprint density at radius 3 is 2.13 bits per heavy atom. The molecule has 0 aromatic rings. The van der Waals surface area contributed by atoms with Crippen LogP contribution in [0.2, 0.25) is 0 Å².